The van der Waals surface area contributed by atoms with Crippen molar-refractivity contribution in [3.63, 3.8) is 0 Å². The average Bonchev–Trinajstić information content (AvgIpc) is 2.33. The molecule has 3 heteroatoms. The number of benzene rings is 1. The van der Waals surface area contributed by atoms with Crippen molar-refractivity contribution < 1.29 is 4.79 Å². The molecular weight excluding hydrogens is 260 g/mol. The molecule has 0 aromatic heterocycles. The van der Waals surface area contributed by atoms with E-state index >= 15 is 0 Å². The van der Waals surface area contributed by atoms with E-state index in [4.69, 9.17) is 0 Å². The molecule has 0 heterocycles. The van der Waals surface area contributed by atoms with Gasteiger partial charge >= 0.3 is 6.03 Å². The Kier molecular flexibility index (Phi) is 4.60. The SMILES string of the molecule is CC1(C)CC(NC(=O)NCc2ccccc2)CC(C)(C)C1. The zero-order chi connectivity index (χ0) is 15.5. The van der Waals surface area contributed by atoms with Crippen LogP contribution < -0.4 is 10.6 Å². The van der Waals surface area contributed by atoms with Gasteiger partial charge in [0.15, 0.2) is 0 Å². The maximum Gasteiger partial charge on any atom is 0.315 e. The van der Waals surface area contributed by atoms with Crippen molar-refractivity contribution in [2.24, 2.45) is 10.8 Å². The van der Waals surface area contributed by atoms with Gasteiger partial charge in [-0.15, -0.1) is 0 Å². The van der Waals surface area contributed by atoms with E-state index < -0.39 is 0 Å². The maximum atomic E-state index is 12.1. The van der Waals surface area contributed by atoms with Gasteiger partial charge in [-0.2, -0.15) is 0 Å². The highest BCUT2D eigenvalue weighted by Crippen LogP contribution is 2.45. The number of nitrogens with one attached hydrogen (secondary N) is 2. The first-order chi connectivity index (χ1) is 9.76. The summed E-state index contributed by atoms with van der Waals surface area (Å²) in [5, 5.41) is 6.10. The molecule has 21 heavy (non-hydrogen) atoms. The van der Waals surface area contributed by atoms with Crippen LogP contribution in [0.4, 0.5) is 4.79 Å². The molecule has 1 aliphatic carbocycles. The molecule has 0 saturated heterocycles. The van der Waals surface area contributed by atoms with Crippen LogP contribution in [-0.4, -0.2) is 12.1 Å². The fourth-order valence-electron chi connectivity index (χ4n) is 3.96. The number of carbonyl (C=O) groups excluding carboxylic acids is 1. The molecule has 116 valence electrons. The number of amides is 2. The maximum absolute atomic E-state index is 12.1. The normalized spacial score (nSPS) is 20.8. The summed E-state index contributed by atoms with van der Waals surface area (Å²) in [7, 11) is 0. The van der Waals surface area contributed by atoms with E-state index in [0.29, 0.717) is 17.4 Å². The highest BCUT2D eigenvalue weighted by atomic mass is 16.2. The quantitative estimate of drug-likeness (QED) is 0.864. The molecule has 2 rings (SSSR count). The Morgan fingerprint density at radius 2 is 1.67 bits per heavy atom. The third-order valence-electron chi connectivity index (χ3n) is 4.19. The zero-order valence-electron chi connectivity index (χ0n) is 13.7. The fraction of sp³-hybridized carbons (Fsp3) is 0.611. The van der Waals surface area contributed by atoms with Gasteiger partial charge in [-0.3, -0.25) is 0 Å². The van der Waals surface area contributed by atoms with Crippen LogP contribution in [0.1, 0.15) is 52.5 Å². The fourth-order valence-corrected chi connectivity index (χ4v) is 3.96. The summed E-state index contributed by atoms with van der Waals surface area (Å²) in [5.74, 6) is 0. The molecule has 1 aromatic carbocycles. The summed E-state index contributed by atoms with van der Waals surface area (Å²) < 4.78 is 0. The van der Waals surface area contributed by atoms with Crippen LogP contribution >= 0.6 is 0 Å². The third kappa shape index (κ3) is 5.07. The van der Waals surface area contributed by atoms with Crippen molar-refractivity contribution in [1.82, 2.24) is 10.6 Å². The monoisotopic (exact) mass is 288 g/mol. The Hall–Kier alpha value is -1.51. The summed E-state index contributed by atoms with van der Waals surface area (Å²) in [6.45, 7) is 9.76. The Labute approximate surface area is 128 Å². The molecule has 1 aromatic rings. The second kappa shape index (κ2) is 6.08. The van der Waals surface area contributed by atoms with E-state index in [1.54, 1.807) is 0 Å². The third-order valence-corrected chi connectivity index (χ3v) is 4.19. The van der Waals surface area contributed by atoms with E-state index in [2.05, 4.69) is 38.3 Å². The molecule has 2 N–H and O–H groups in total. The summed E-state index contributed by atoms with van der Waals surface area (Å²) >= 11 is 0. The summed E-state index contributed by atoms with van der Waals surface area (Å²) in [6, 6.07) is 10.2. The van der Waals surface area contributed by atoms with Crippen LogP contribution in [0, 0.1) is 10.8 Å². The number of hydrogen-bond acceptors (Lipinski definition) is 1. The Bertz CT molecular complexity index is 463. The lowest BCUT2D eigenvalue weighted by Gasteiger charge is -2.45. The molecule has 1 fully saturated rings. The molecule has 2 amide bonds. The van der Waals surface area contributed by atoms with Crippen LogP contribution in [0.25, 0.3) is 0 Å². The van der Waals surface area contributed by atoms with Crippen LogP contribution in [0.5, 0.6) is 0 Å². The van der Waals surface area contributed by atoms with E-state index in [1.807, 2.05) is 30.3 Å². The predicted molar refractivity (Wildman–Crippen MR) is 87.0 cm³/mol. The lowest BCUT2D eigenvalue weighted by atomic mass is 9.63. The molecule has 1 aliphatic rings. The van der Waals surface area contributed by atoms with Crippen LogP contribution in [0.3, 0.4) is 0 Å². The Morgan fingerprint density at radius 3 is 2.24 bits per heavy atom. The van der Waals surface area contributed by atoms with E-state index in [9.17, 15) is 4.79 Å². The number of urea groups is 1. The van der Waals surface area contributed by atoms with Crippen LogP contribution in [-0.2, 0) is 6.54 Å². The largest absolute Gasteiger partial charge is 0.335 e. The van der Waals surface area contributed by atoms with Crippen molar-refractivity contribution in [3.05, 3.63) is 35.9 Å². The minimum atomic E-state index is -0.0580. The molecule has 0 bridgehead atoms. The summed E-state index contributed by atoms with van der Waals surface area (Å²) in [5.41, 5.74) is 1.70. The highest BCUT2D eigenvalue weighted by molar-refractivity contribution is 5.74. The molecule has 0 unspecified atom stereocenters. The first-order valence-electron chi connectivity index (χ1n) is 7.84. The minimum absolute atomic E-state index is 0.0580. The summed E-state index contributed by atoms with van der Waals surface area (Å²) in [6.07, 6.45) is 3.31. The first-order valence-corrected chi connectivity index (χ1v) is 7.84. The Morgan fingerprint density at radius 1 is 1.10 bits per heavy atom. The van der Waals surface area contributed by atoms with E-state index in [-0.39, 0.29) is 12.1 Å². The number of hydrogen-bond donors (Lipinski definition) is 2. The van der Waals surface area contributed by atoms with Crippen molar-refractivity contribution in [2.45, 2.75) is 59.5 Å². The van der Waals surface area contributed by atoms with Crippen molar-refractivity contribution in [2.75, 3.05) is 0 Å². The van der Waals surface area contributed by atoms with Gasteiger partial charge in [0.1, 0.15) is 0 Å². The van der Waals surface area contributed by atoms with Gasteiger partial charge in [0.05, 0.1) is 0 Å². The molecule has 0 radical (unpaired) electrons. The molecule has 3 nitrogen and oxygen atoms in total. The van der Waals surface area contributed by atoms with Gasteiger partial charge in [0, 0.05) is 12.6 Å². The van der Waals surface area contributed by atoms with Gasteiger partial charge < -0.3 is 10.6 Å². The van der Waals surface area contributed by atoms with E-state index in [1.165, 1.54) is 6.42 Å². The molecule has 1 saturated carbocycles. The second-order valence-corrected chi connectivity index (χ2v) is 7.92. The Balaban J connectivity index is 1.85. The van der Waals surface area contributed by atoms with Crippen LogP contribution in [0.15, 0.2) is 30.3 Å². The second-order valence-electron chi connectivity index (χ2n) is 7.92. The van der Waals surface area contributed by atoms with Gasteiger partial charge in [0.25, 0.3) is 0 Å². The van der Waals surface area contributed by atoms with Crippen molar-refractivity contribution in [1.29, 1.82) is 0 Å². The molecule has 0 spiro atoms. The van der Waals surface area contributed by atoms with E-state index in [0.717, 1.165) is 18.4 Å². The summed E-state index contributed by atoms with van der Waals surface area (Å²) in [4.78, 5) is 12.1. The van der Waals surface area contributed by atoms with Crippen molar-refractivity contribution in [3.8, 4) is 0 Å². The van der Waals surface area contributed by atoms with Gasteiger partial charge in [-0.25, -0.2) is 4.79 Å². The smallest absolute Gasteiger partial charge is 0.315 e. The number of carbonyl (C=O) groups is 1. The predicted octanol–water partition coefficient (Wildman–Crippen LogP) is 4.09. The van der Waals surface area contributed by atoms with Crippen molar-refractivity contribution >= 4 is 6.03 Å². The zero-order valence-corrected chi connectivity index (χ0v) is 13.7. The lowest BCUT2D eigenvalue weighted by molar-refractivity contribution is 0.0882. The topological polar surface area (TPSA) is 41.1 Å². The van der Waals surface area contributed by atoms with Gasteiger partial charge in [-0.1, -0.05) is 58.0 Å². The standard InChI is InChI=1S/C18H28N2O/c1-17(2)10-15(11-18(3,4)13-17)20-16(21)19-12-14-8-6-5-7-9-14/h5-9,15H,10-13H2,1-4H3,(H2,19,20,21). The van der Waals surface area contributed by atoms with Crippen LogP contribution in [0.2, 0.25) is 0 Å². The lowest BCUT2D eigenvalue weighted by Crippen LogP contribution is -2.48. The highest BCUT2D eigenvalue weighted by Gasteiger charge is 2.38. The molecular formula is C18H28N2O. The molecule has 0 aliphatic heterocycles. The molecule has 0 atom stereocenters. The van der Waals surface area contributed by atoms with Gasteiger partial charge in [-0.05, 0) is 35.7 Å². The average molecular weight is 288 g/mol. The number of rotatable bonds is 3. The first kappa shape index (κ1) is 15.9. The minimum Gasteiger partial charge on any atom is -0.335 e. The van der Waals surface area contributed by atoms with Gasteiger partial charge in [0.2, 0.25) is 0 Å².